The largest absolute Gasteiger partial charge is 0.733 e. The summed E-state index contributed by atoms with van der Waals surface area (Å²) < 4.78 is 0. The molecule has 0 atom stereocenters. The minimum atomic E-state index is -0.641. The Morgan fingerprint density at radius 3 is 2.49 bits per heavy atom. The lowest BCUT2D eigenvalue weighted by Gasteiger charge is -2.21. The second-order valence-corrected chi connectivity index (χ2v) is 10.6. The highest BCUT2D eigenvalue weighted by molar-refractivity contribution is 7.14. The number of hydrogen-bond donors (Lipinski definition) is 3. The minimum Gasteiger partial charge on any atom is -0.733 e. The van der Waals surface area contributed by atoms with Crippen molar-refractivity contribution in [1.29, 1.82) is 0 Å². The zero-order valence-corrected chi connectivity index (χ0v) is 23.4. The van der Waals surface area contributed by atoms with Crippen molar-refractivity contribution in [3.05, 3.63) is 105 Å². The fourth-order valence-electron chi connectivity index (χ4n) is 4.15. The Morgan fingerprint density at radius 1 is 1.05 bits per heavy atom. The maximum absolute atomic E-state index is 13.2. The highest BCUT2D eigenvalue weighted by Gasteiger charge is 2.39. The van der Waals surface area contributed by atoms with Crippen LogP contribution in [0.4, 0.5) is 22.2 Å². The summed E-state index contributed by atoms with van der Waals surface area (Å²) in [5, 5.41) is 27.5. The molecule has 0 spiro atoms. The van der Waals surface area contributed by atoms with Gasteiger partial charge in [0.05, 0.1) is 17.1 Å². The highest BCUT2D eigenvalue weighted by atomic mass is 35.5. The van der Waals surface area contributed by atoms with Crippen molar-refractivity contribution in [3.63, 3.8) is 0 Å². The summed E-state index contributed by atoms with van der Waals surface area (Å²) in [5.41, 5.74) is 3.19. The van der Waals surface area contributed by atoms with Crippen molar-refractivity contribution in [2.24, 2.45) is 0 Å². The normalized spacial score (nSPS) is 13.3. The van der Waals surface area contributed by atoms with Gasteiger partial charge in [0, 0.05) is 22.2 Å². The number of hydrogen-bond acceptors (Lipinski definition) is 9. The molecule has 0 fully saturated rings. The van der Waals surface area contributed by atoms with Crippen LogP contribution in [0.15, 0.2) is 88.9 Å². The van der Waals surface area contributed by atoms with Crippen LogP contribution in [0.2, 0.25) is 0 Å². The summed E-state index contributed by atoms with van der Waals surface area (Å²) in [6.45, 7) is 4.10. The smallest absolute Gasteiger partial charge is 0.283 e. The first kappa shape index (κ1) is 28.0. The molecule has 1 aliphatic heterocycles. The van der Waals surface area contributed by atoms with E-state index in [-0.39, 0.29) is 27.2 Å². The average Bonchev–Trinajstić information content (AvgIpc) is 3.51. The zero-order chi connectivity index (χ0) is 29.3. The lowest BCUT2D eigenvalue weighted by molar-refractivity contribution is -0.120. The topological polar surface area (TPSA) is 138 Å². The first-order valence-corrected chi connectivity index (χ1v) is 13.7. The second kappa shape index (κ2) is 11.5. The lowest BCUT2D eigenvalue weighted by Crippen LogP contribution is -2.32. The highest BCUT2D eigenvalue weighted by Crippen LogP contribution is 2.32. The number of benzene rings is 3. The first-order chi connectivity index (χ1) is 19.6. The molecule has 3 aromatic carbocycles. The number of carbonyl (C=O) groups is 3. The van der Waals surface area contributed by atoms with Gasteiger partial charge < -0.3 is 15.8 Å². The van der Waals surface area contributed by atoms with Gasteiger partial charge in [0.2, 0.25) is 0 Å². The van der Waals surface area contributed by atoms with E-state index in [0.29, 0.717) is 33.7 Å². The molecule has 4 aromatic rings. The van der Waals surface area contributed by atoms with E-state index in [0.717, 1.165) is 10.5 Å². The van der Waals surface area contributed by atoms with Gasteiger partial charge in [0.25, 0.3) is 17.7 Å². The van der Waals surface area contributed by atoms with Crippen molar-refractivity contribution in [1.82, 2.24) is 4.98 Å². The molecule has 2 heterocycles. The number of imide groups is 1. The molecule has 12 heteroatoms. The summed E-state index contributed by atoms with van der Waals surface area (Å²) in [6, 6.07) is 19.7. The SMILES string of the molecule is CC(C)c1ccc(N2C(=O)C(Cl)=C(Nc3cccc(C(=O)Nc4nc(-c5cccc(N([O-])O)c5)cs4)c3)C2=O)cc1. The van der Waals surface area contributed by atoms with Gasteiger partial charge in [-0.3, -0.25) is 24.9 Å². The van der Waals surface area contributed by atoms with Crippen molar-refractivity contribution in [3.8, 4) is 11.3 Å². The van der Waals surface area contributed by atoms with Crippen molar-refractivity contribution in [2.75, 3.05) is 20.8 Å². The van der Waals surface area contributed by atoms with Gasteiger partial charge in [0.1, 0.15) is 10.7 Å². The van der Waals surface area contributed by atoms with Crippen molar-refractivity contribution in [2.45, 2.75) is 19.8 Å². The number of rotatable bonds is 8. The molecule has 41 heavy (non-hydrogen) atoms. The van der Waals surface area contributed by atoms with E-state index in [2.05, 4.69) is 15.6 Å². The summed E-state index contributed by atoms with van der Waals surface area (Å²) in [5.74, 6) is -1.40. The van der Waals surface area contributed by atoms with Crippen LogP contribution < -0.4 is 20.8 Å². The lowest BCUT2D eigenvalue weighted by atomic mass is 10.0. The molecule has 10 nitrogen and oxygen atoms in total. The molecule has 0 unspecified atom stereocenters. The average molecular weight is 589 g/mol. The predicted octanol–water partition coefficient (Wildman–Crippen LogP) is 6.31. The molecule has 5 rings (SSSR count). The van der Waals surface area contributed by atoms with Crippen LogP contribution in [0, 0.1) is 5.21 Å². The molecule has 0 radical (unpaired) electrons. The fourth-order valence-corrected chi connectivity index (χ4v) is 5.08. The number of nitrogens with zero attached hydrogens (tertiary/aromatic N) is 3. The first-order valence-electron chi connectivity index (χ1n) is 12.4. The van der Waals surface area contributed by atoms with E-state index in [1.165, 1.54) is 29.5 Å². The molecule has 3 N–H and O–H groups in total. The number of thiazole rings is 1. The summed E-state index contributed by atoms with van der Waals surface area (Å²) >= 11 is 7.46. The Morgan fingerprint density at radius 2 is 1.78 bits per heavy atom. The number of amides is 3. The molecule has 208 valence electrons. The molecule has 0 aliphatic carbocycles. The Labute approximate surface area is 244 Å². The number of carbonyl (C=O) groups excluding carboxylic acids is 3. The molecule has 0 saturated heterocycles. The van der Waals surface area contributed by atoms with Crippen LogP contribution in [0.5, 0.6) is 0 Å². The van der Waals surface area contributed by atoms with Gasteiger partial charge in [-0.15, -0.1) is 11.3 Å². The van der Waals surface area contributed by atoms with Crippen molar-refractivity contribution < 1.29 is 19.6 Å². The number of nitrogens with one attached hydrogen (secondary N) is 2. The Kier molecular flexibility index (Phi) is 7.86. The fraction of sp³-hybridized carbons (Fsp3) is 0.103. The maximum Gasteiger partial charge on any atom is 0.283 e. The molecular formula is C29H23ClN5O5S-. The summed E-state index contributed by atoms with van der Waals surface area (Å²) in [7, 11) is 0. The predicted molar refractivity (Wildman–Crippen MR) is 159 cm³/mol. The van der Waals surface area contributed by atoms with E-state index in [1.54, 1.807) is 47.8 Å². The molecule has 0 saturated carbocycles. The van der Waals surface area contributed by atoms with Crippen LogP contribution in [-0.4, -0.2) is 27.9 Å². The number of aromatic nitrogens is 1. The van der Waals surface area contributed by atoms with Gasteiger partial charge >= 0.3 is 0 Å². The molecule has 3 amide bonds. The third kappa shape index (κ3) is 5.83. The van der Waals surface area contributed by atoms with Gasteiger partial charge in [-0.25, -0.2) is 9.88 Å². The second-order valence-electron chi connectivity index (χ2n) is 9.40. The van der Waals surface area contributed by atoms with Gasteiger partial charge in [-0.05, 0) is 53.9 Å². The monoisotopic (exact) mass is 588 g/mol. The third-order valence-electron chi connectivity index (χ3n) is 6.33. The van der Waals surface area contributed by atoms with Crippen LogP contribution in [0.3, 0.4) is 0 Å². The summed E-state index contributed by atoms with van der Waals surface area (Å²) in [4.78, 5) is 44.4. The van der Waals surface area contributed by atoms with Crippen molar-refractivity contribution >= 4 is 62.9 Å². The maximum atomic E-state index is 13.2. The van der Waals surface area contributed by atoms with Crippen LogP contribution in [-0.2, 0) is 9.59 Å². The van der Waals surface area contributed by atoms with Gasteiger partial charge in [0.15, 0.2) is 5.13 Å². The molecule has 0 bridgehead atoms. The van der Waals surface area contributed by atoms with Crippen LogP contribution >= 0.6 is 22.9 Å². The van der Waals surface area contributed by atoms with E-state index in [4.69, 9.17) is 16.8 Å². The van der Waals surface area contributed by atoms with E-state index in [1.807, 2.05) is 26.0 Å². The van der Waals surface area contributed by atoms with E-state index < -0.39 is 17.7 Å². The van der Waals surface area contributed by atoms with Gasteiger partial charge in [-0.2, -0.15) is 0 Å². The Hall–Kier alpha value is -4.55. The zero-order valence-electron chi connectivity index (χ0n) is 21.8. The minimum absolute atomic E-state index is 0.0511. The summed E-state index contributed by atoms with van der Waals surface area (Å²) in [6.07, 6.45) is 0. The van der Waals surface area contributed by atoms with Crippen LogP contribution in [0.1, 0.15) is 35.7 Å². The van der Waals surface area contributed by atoms with E-state index in [9.17, 15) is 19.6 Å². The standard InChI is InChI=1S/C29H23ClN5O5S/c1-16(2)17-9-11-21(12-10-17)34-27(37)24(30)25(28(34)38)31-20-7-3-6-19(13-20)26(36)33-29-32-23(15-41-29)18-5-4-8-22(14-18)35(39)40/h3-16,31,39H,1-2H3,(H,32,33,36)/q-1. The van der Waals surface area contributed by atoms with Crippen LogP contribution in [0.25, 0.3) is 11.3 Å². The number of halogens is 1. The third-order valence-corrected chi connectivity index (χ3v) is 7.44. The molecular weight excluding hydrogens is 566 g/mol. The molecule has 1 aliphatic rings. The Balaban J connectivity index is 1.29. The number of anilines is 4. The Bertz CT molecular complexity index is 1680. The van der Waals surface area contributed by atoms with E-state index >= 15 is 0 Å². The molecule has 1 aromatic heterocycles. The quantitative estimate of drug-likeness (QED) is 0.161. The van der Waals surface area contributed by atoms with Gasteiger partial charge in [-0.1, -0.05) is 55.8 Å².